The summed E-state index contributed by atoms with van der Waals surface area (Å²) >= 11 is 3.06. The number of carbonyl (C=O) groups is 5. The third-order valence-corrected chi connectivity index (χ3v) is 14.9. The van der Waals surface area contributed by atoms with Crippen molar-refractivity contribution in [2.24, 2.45) is 11.8 Å². The van der Waals surface area contributed by atoms with Crippen molar-refractivity contribution in [1.82, 2.24) is 41.5 Å². The van der Waals surface area contributed by atoms with Gasteiger partial charge in [0.1, 0.15) is 23.7 Å². The molecule has 2 aromatic heterocycles. The molecule has 0 spiro atoms. The van der Waals surface area contributed by atoms with Crippen LogP contribution in [0.2, 0.25) is 0 Å². The summed E-state index contributed by atoms with van der Waals surface area (Å²) in [7, 11) is 0. The van der Waals surface area contributed by atoms with Crippen LogP contribution in [0.25, 0.3) is 0 Å². The van der Waals surface area contributed by atoms with E-state index in [9.17, 15) is 24.0 Å². The number of rotatable bonds is 12. The van der Waals surface area contributed by atoms with Crippen molar-refractivity contribution < 1.29 is 28.7 Å². The minimum atomic E-state index is -0.734. The monoisotopic (exact) mass is 954 g/mol. The first-order valence-electron chi connectivity index (χ1n) is 23.5. The molecule has 9 N–H and O–H groups in total. The van der Waals surface area contributed by atoms with Crippen LogP contribution in [0.3, 0.4) is 0 Å². The maximum atomic E-state index is 13.3. The summed E-state index contributed by atoms with van der Waals surface area (Å²) in [4.78, 5) is 76.8. The highest BCUT2D eigenvalue weighted by Gasteiger charge is 2.42. The Morgan fingerprint density at radius 2 is 1.24 bits per heavy atom. The standard InChI is InChI=1S/C27H37N5O4S.C22H29N5O2S/c1-16(23(33)29-14-17-10-11-20-22(12-17)37-25(28)31-20)30-24(34)21-13-19(18-8-6-5-7-9-18)15-32(21)26(35)36-27(2,3)4;1-13(20(28)25-11-14-7-8-17-19(9-14)30-22(23)27-17)26-21(29)18-10-16(12-24-18)15-5-3-2-4-6-15/h5-9,16-17,19,21H,10-15H2,1-4H3,(H2,28,31)(H,29,33)(H,30,34);2-6,13-14,16,18,24H,7-12H2,1H3,(H2,23,27)(H,25,28)(H,26,29)/t16-,17?,19-,21+;13-,14?,16-,18+/m00/s1. The average molecular weight is 955 g/mol. The average Bonchev–Trinajstić information content (AvgIpc) is 4.12. The summed E-state index contributed by atoms with van der Waals surface area (Å²) < 4.78 is 5.59. The van der Waals surface area contributed by atoms with Crippen molar-refractivity contribution in [3.63, 3.8) is 0 Å². The van der Waals surface area contributed by atoms with Gasteiger partial charge in [-0.05, 0) is 115 Å². The zero-order valence-electron chi connectivity index (χ0n) is 39.1. The van der Waals surface area contributed by atoms with E-state index in [0.29, 0.717) is 54.1 Å². The predicted octanol–water partition coefficient (Wildman–Crippen LogP) is 4.84. The largest absolute Gasteiger partial charge is 0.444 e. The second-order valence-electron chi connectivity index (χ2n) is 19.3. The lowest BCUT2D eigenvalue weighted by molar-refractivity contribution is -0.131. The lowest BCUT2D eigenvalue weighted by Gasteiger charge is -2.28. The maximum Gasteiger partial charge on any atom is 0.410 e. The number of aromatic nitrogens is 2. The fraction of sp³-hybridized carbons (Fsp3) is 0.531. The molecule has 4 aromatic rings. The van der Waals surface area contributed by atoms with Crippen molar-refractivity contribution in [2.45, 2.75) is 128 Å². The minimum Gasteiger partial charge on any atom is -0.444 e. The van der Waals surface area contributed by atoms with Gasteiger partial charge in [0.25, 0.3) is 0 Å². The molecule has 2 aromatic carbocycles. The molecule has 2 aliphatic heterocycles. The summed E-state index contributed by atoms with van der Waals surface area (Å²) in [5, 5.41) is 16.2. The molecule has 2 aliphatic carbocycles. The number of benzene rings is 2. The van der Waals surface area contributed by atoms with E-state index in [1.54, 1.807) is 46.0 Å². The lowest BCUT2D eigenvalue weighted by Crippen LogP contribution is -2.53. The molecule has 16 nitrogen and oxygen atoms in total. The fourth-order valence-electron chi connectivity index (χ4n) is 9.31. The van der Waals surface area contributed by atoms with Gasteiger partial charge in [0.05, 0.1) is 17.4 Å². The van der Waals surface area contributed by atoms with Crippen LogP contribution in [0.1, 0.15) is 104 Å². The van der Waals surface area contributed by atoms with E-state index >= 15 is 0 Å². The van der Waals surface area contributed by atoms with E-state index in [4.69, 9.17) is 16.2 Å². The number of hydrogen-bond donors (Lipinski definition) is 7. The zero-order chi connectivity index (χ0) is 47.8. The van der Waals surface area contributed by atoms with Gasteiger partial charge in [-0.2, -0.15) is 0 Å². The SMILES string of the molecule is C[C@H](NC(=O)[C@H]1C[C@H](c2ccccc2)CN1)C(=O)NCC1CCc2nc(N)sc2C1.C[C@H](NC(=O)[C@H]1C[C@H](c2ccccc2)CN1C(=O)OC(C)(C)C)C(=O)NCC1CCc2nc(N)sc2C1. The van der Waals surface area contributed by atoms with Crippen LogP contribution in [0.15, 0.2) is 60.7 Å². The van der Waals surface area contributed by atoms with Gasteiger partial charge in [0.2, 0.25) is 23.6 Å². The highest BCUT2D eigenvalue weighted by molar-refractivity contribution is 7.15. The number of thiazole rings is 2. The molecule has 4 heterocycles. The fourth-order valence-corrected chi connectivity index (χ4v) is 11.3. The predicted molar refractivity (Wildman–Crippen MR) is 261 cm³/mol. The van der Waals surface area contributed by atoms with Gasteiger partial charge in [0, 0.05) is 41.9 Å². The first kappa shape index (κ1) is 49.3. The van der Waals surface area contributed by atoms with E-state index in [2.05, 4.69) is 48.7 Å². The molecule has 8 atom stereocenters. The highest BCUT2D eigenvalue weighted by atomic mass is 32.1. The normalized spacial score (nSPS) is 23.0. The van der Waals surface area contributed by atoms with Crippen LogP contribution in [-0.4, -0.2) is 101 Å². The molecule has 8 rings (SSSR count). The Kier molecular flexibility index (Phi) is 16.2. The zero-order valence-corrected chi connectivity index (χ0v) is 40.8. The molecule has 2 fully saturated rings. The third kappa shape index (κ3) is 13.3. The van der Waals surface area contributed by atoms with Crippen LogP contribution in [-0.2, 0) is 49.6 Å². The molecule has 18 heteroatoms. The van der Waals surface area contributed by atoms with Gasteiger partial charge in [0.15, 0.2) is 10.3 Å². The van der Waals surface area contributed by atoms with Gasteiger partial charge in [-0.15, -0.1) is 22.7 Å². The number of anilines is 2. The smallest absolute Gasteiger partial charge is 0.410 e. The lowest BCUT2D eigenvalue weighted by atomic mass is 9.91. The summed E-state index contributed by atoms with van der Waals surface area (Å²) in [5.74, 6) is 0.164. The van der Waals surface area contributed by atoms with Crippen molar-refractivity contribution in [1.29, 1.82) is 0 Å². The second-order valence-corrected chi connectivity index (χ2v) is 21.5. The number of amides is 5. The Balaban J connectivity index is 0.000000203. The van der Waals surface area contributed by atoms with Gasteiger partial charge in [-0.3, -0.25) is 24.1 Å². The quantitative estimate of drug-likeness (QED) is 0.102. The summed E-state index contributed by atoms with van der Waals surface area (Å²) in [6.45, 7) is 11.1. The number of nitrogens with two attached hydrogens (primary N) is 2. The number of aryl methyl sites for hydroxylation is 2. The van der Waals surface area contributed by atoms with Crippen LogP contribution in [0, 0.1) is 11.8 Å². The molecule has 0 radical (unpaired) electrons. The highest BCUT2D eigenvalue weighted by Crippen LogP contribution is 2.34. The molecule has 0 bridgehead atoms. The Hall–Kier alpha value is -5.59. The first-order chi connectivity index (χ1) is 32.0. The summed E-state index contributed by atoms with van der Waals surface area (Å²) in [5.41, 5.74) is 15.4. The number of nitrogens with zero attached hydrogens (tertiary/aromatic N) is 3. The van der Waals surface area contributed by atoms with Gasteiger partial charge in [-0.25, -0.2) is 14.8 Å². The molecule has 4 aliphatic rings. The second kappa shape index (κ2) is 22.0. The van der Waals surface area contributed by atoms with Crippen molar-refractivity contribution >= 4 is 62.7 Å². The summed E-state index contributed by atoms with van der Waals surface area (Å²) in [6, 6.07) is 17.8. The third-order valence-electron chi connectivity index (χ3n) is 13.0. The van der Waals surface area contributed by atoms with E-state index in [1.165, 1.54) is 31.6 Å². The maximum absolute atomic E-state index is 13.3. The molecule has 360 valence electrons. The Labute approximate surface area is 401 Å². The molecular weight excluding hydrogens is 889 g/mol. The van der Waals surface area contributed by atoms with Crippen LogP contribution in [0.4, 0.5) is 15.1 Å². The van der Waals surface area contributed by atoms with Crippen LogP contribution >= 0.6 is 22.7 Å². The first-order valence-corrected chi connectivity index (χ1v) is 25.1. The minimum absolute atomic E-state index is 0.00516. The van der Waals surface area contributed by atoms with E-state index in [0.717, 1.165) is 68.4 Å². The topological polar surface area (TPSA) is 236 Å². The number of likely N-dealkylation sites (tertiary alicyclic amines) is 1. The Morgan fingerprint density at radius 1 is 0.746 bits per heavy atom. The van der Waals surface area contributed by atoms with Crippen molar-refractivity contribution in [3.8, 4) is 0 Å². The number of fused-ring (bicyclic) bond motifs is 2. The van der Waals surface area contributed by atoms with E-state index < -0.39 is 29.8 Å². The Bertz CT molecular complexity index is 2350. The molecular formula is C49H66N10O6S2. The van der Waals surface area contributed by atoms with Crippen molar-refractivity contribution in [3.05, 3.63) is 92.9 Å². The van der Waals surface area contributed by atoms with Crippen LogP contribution < -0.4 is 38.1 Å². The van der Waals surface area contributed by atoms with Crippen molar-refractivity contribution in [2.75, 3.05) is 37.6 Å². The van der Waals surface area contributed by atoms with E-state index in [1.807, 2.05) is 48.5 Å². The Morgan fingerprint density at radius 3 is 1.75 bits per heavy atom. The molecule has 5 amide bonds. The molecule has 2 unspecified atom stereocenters. The van der Waals surface area contributed by atoms with Crippen LogP contribution in [0.5, 0.6) is 0 Å². The number of hydrogen-bond acceptors (Lipinski definition) is 13. The summed E-state index contributed by atoms with van der Waals surface area (Å²) in [6.07, 6.45) is 6.13. The van der Waals surface area contributed by atoms with Gasteiger partial charge >= 0.3 is 6.09 Å². The number of ether oxygens (including phenoxy) is 1. The number of nitrogens with one attached hydrogen (secondary N) is 5. The number of nitrogen functional groups attached to an aromatic ring is 2. The molecule has 0 saturated carbocycles. The number of carbonyl (C=O) groups excluding carboxylic acids is 5. The van der Waals surface area contributed by atoms with Gasteiger partial charge < -0.3 is 42.8 Å². The molecule has 2 saturated heterocycles. The molecule has 67 heavy (non-hydrogen) atoms. The van der Waals surface area contributed by atoms with Gasteiger partial charge in [-0.1, -0.05) is 60.7 Å². The van der Waals surface area contributed by atoms with E-state index in [-0.39, 0.29) is 35.6 Å².